The fraction of sp³-hybridized carbons (Fsp3) is 0.750. The van der Waals surface area contributed by atoms with E-state index >= 15 is 0 Å². The summed E-state index contributed by atoms with van der Waals surface area (Å²) >= 11 is 0. The van der Waals surface area contributed by atoms with Crippen molar-refractivity contribution >= 4 is 6.34 Å². The molecule has 4 nitrogen and oxygen atoms in total. The summed E-state index contributed by atoms with van der Waals surface area (Å²) in [5.74, 6) is 0. The van der Waals surface area contributed by atoms with Gasteiger partial charge in [-0.05, 0) is 0 Å². The van der Waals surface area contributed by atoms with E-state index in [0.717, 1.165) is 0 Å². The molecule has 0 N–H and O–H groups in total. The van der Waals surface area contributed by atoms with Gasteiger partial charge in [0.1, 0.15) is 12.5 Å². The van der Waals surface area contributed by atoms with Gasteiger partial charge in [0.2, 0.25) is 0 Å². The van der Waals surface area contributed by atoms with Crippen molar-refractivity contribution in [3.8, 4) is 6.19 Å². The van der Waals surface area contributed by atoms with Crippen LogP contribution in [0.2, 0.25) is 0 Å². The van der Waals surface area contributed by atoms with Crippen LogP contribution in [0, 0.1) is 16.9 Å². The zero-order chi connectivity index (χ0) is 9.35. The SMILES string of the molecule is CN1N=CN(C#N)C1C(C)(C)C. The van der Waals surface area contributed by atoms with Gasteiger partial charge in [-0.1, -0.05) is 20.8 Å². The molecule has 1 atom stereocenters. The molecule has 0 bridgehead atoms. The second kappa shape index (κ2) is 2.67. The molecule has 1 rings (SSSR count). The Bertz CT molecular complexity index is 232. The van der Waals surface area contributed by atoms with Crippen LogP contribution in [-0.2, 0) is 0 Å². The first-order valence-electron chi connectivity index (χ1n) is 3.92. The van der Waals surface area contributed by atoms with Crippen LogP contribution in [0.25, 0.3) is 0 Å². The van der Waals surface area contributed by atoms with Gasteiger partial charge in [-0.25, -0.2) is 4.90 Å². The minimum Gasteiger partial charge on any atom is -0.275 e. The molecule has 0 radical (unpaired) electrons. The normalized spacial score (nSPS) is 23.1. The number of hydrogen-bond acceptors (Lipinski definition) is 4. The quantitative estimate of drug-likeness (QED) is 0.505. The molecule has 0 aromatic rings. The van der Waals surface area contributed by atoms with Gasteiger partial charge in [-0.15, -0.1) is 0 Å². The second-order valence-corrected chi connectivity index (χ2v) is 4.05. The Morgan fingerprint density at radius 3 is 2.42 bits per heavy atom. The van der Waals surface area contributed by atoms with Crippen LogP contribution in [0.4, 0.5) is 0 Å². The van der Waals surface area contributed by atoms with Gasteiger partial charge in [-0.3, -0.25) is 5.01 Å². The Balaban J connectivity index is 2.84. The van der Waals surface area contributed by atoms with E-state index in [1.165, 1.54) is 0 Å². The monoisotopic (exact) mass is 166 g/mol. The van der Waals surface area contributed by atoms with E-state index in [1.54, 1.807) is 11.2 Å². The summed E-state index contributed by atoms with van der Waals surface area (Å²) in [7, 11) is 1.88. The third-order valence-corrected chi connectivity index (χ3v) is 1.87. The molecule has 0 fully saturated rings. The molecule has 0 saturated heterocycles. The third kappa shape index (κ3) is 1.35. The van der Waals surface area contributed by atoms with E-state index in [1.807, 2.05) is 12.1 Å². The summed E-state index contributed by atoms with van der Waals surface area (Å²) in [6.45, 7) is 6.27. The summed E-state index contributed by atoms with van der Waals surface area (Å²) in [4.78, 5) is 1.57. The van der Waals surface area contributed by atoms with Crippen molar-refractivity contribution in [3.05, 3.63) is 0 Å². The highest BCUT2D eigenvalue weighted by Crippen LogP contribution is 2.28. The molecule has 0 amide bonds. The van der Waals surface area contributed by atoms with E-state index in [0.29, 0.717) is 0 Å². The molecule has 0 aliphatic carbocycles. The smallest absolute Gasteiger partial charge is 0.187 e. The molecule has 1 unspecified atom stereocenters. The zero-order valence-electron chi connectivity index (χ0n) is 7.94. The van der Waals surface area contributed by atoms with Gasteiger partial charge < -0.3 is 0 Å². The highest BCUT2D eigenvalue weighted by atomic mass is 15.6. The van der Waals surface area contributed by atoms with E-state index in [9.17, 15) is 0 Å². The Hall–Kier alpha value is -1.24. The Kier molecular flexibility index (Phi) is 1.97. The lowest BCUT2D eigenvalue weighted by Gasteiger charge is -2.34. The predicted molar refractivity (Wildman–Crippen MR) is 47.0 cm³/mol. The molecular formula is C8H14N4. The summed E-state index contributed by atoms with van der Waals surface area (Å²) in [5.41, 5.74) is 0.0288. The van der Waals surface area contributed by atoms with Crippen LogP contribution in [0.15, 0.2) is 5.10 Å². The van der Waals surface area contributed by atoms with Crippen molar-refractivity contribution in [2.75, 3.05) is 7.05 Å². The highest BCUT2D eigenvalue weighted by Gasteiger charge is 2.35. The molecule has 0 saturated carbocycles. The second-order valence-electron chi connectivity index (χ2n) is 4.05. The van der Waals surface area contributed by atoms with Crippen molar-refractivity contribution in [1.29, 1.82) is 5.26 Å². The summed E-state index contributed by atoms with van der Waals surface area (Å²) in [6.07, 6.45) is 3.70. The Morgan fingerprint density at radius 1 is 1.50 bits per heavy atom. The lowest BCUT2D eigenvalue weighted by atomic mass is 9.91. The maximum absolute atomic E-state index is 8.78. The number of rotatable bonds is 0. The van der Waals surface area contributed by atoms with Crippen molar-refractivity contribution in [3.63, 3.8) is 0 Å². The average Bonchev–Trinajstić information content (AvgIpc) is 2.29. The van der Waals surface area contributed by atoms with E-state index in [-0.39, 0.29) is 11.6 Å². The molecule has 1 aliphatic heterocycles. The number of hydrazone groups is 1. The maximum atomic E-state index is 8.78. The van der Waals surface area contributed by atoms with Crippen molar-refractivity contribution in [2.24, 2.45) is 10.5 Å². The van der Waals surface area contributed by atoms with Crippen molar-refractivity contribution in [1.82, 2.24) is 9.91 Å². The van der Waals surface area contributed by atoms with Crippen LogP contribution >= 0.6 is 0 Å². The Labute approximate surface area is 73.1 Å². The van der Waals surface area contributed by atoms with Gasteiger partial charge in [-0.2, -0.15) is 10.4 Å². The minimum absolute atomic E-state index is 0.0288. The lowest BCUT2D eigenvalue weighted by Crippen LogP contribution is -2.45. The summed E-state index contributed by atoms with van der Waals surface area (Å²) in [6, 6.07) is 0. The number of nitrogens with zero attached hydrogens (tertiary/aromatic N) is 4. The molecule has 0 aromatic carbocycles. The van der Waals surface area contributed by atoms with Gasteiger partial charge in [0.05, 0.1) is 0 Å². The molecule has 4 heteroatoms. The highest BCUT2D eigenvalue weighted by molar-refractivity contribution is 5.59. The standard InChI is InChI=1S/C8H14N4/c1-8(2,3)7-11(4)10-6-12(7)5-9/h6-7H,1-4H3. The molecule has 0 spiro atoms. The van der Waals surface area contributed by atoms with Crippen molar-refractivity contribution in [2.45, 2.75) is 26.9 Å². The van der Waals surface area contributed by atoms with Gasteiger partial charge in [0, 0.05) is 12.5 Å². The molecule has 12 heavy (non-hydrogen) atoms. The maximum Gasteiger partial charge on any atom is 0.187 e. The van der Waals surface area contributed by atoms with E-state index < -0.39 is 0 Å². The minimum atomic E-state index is 0.0288. The zero-order valence-corrected chi connectivity index (χ0v) is 7.94. The molecule has 0 aromatic heterocycles. The molecule has 66 valence electrons. The molecular weight excluding hydrogens is 152 g/mol. The topological polar surface area (TPSA) is 42.6 Å². The summed E-state index contributed by atoms with van der Waals surface area (Å²) < 4.78 is 0. The van der Waals surface area contributed by atoms with E-state index in [2.05, 4.69) is 32.1 Å². The van der Waals surface area contributed by atoms with Crippen molar-refractivity contribution < 1.29 is 0 Å². The van der Waals surface area contributed by atoms with Crippen LogP contribution in [0.3, 0.4) is 0 Å². The fourth-order valence-corrected chi connectivity index (χ4v) is 1.50. The summed E-state index contributed by atoms with van der Waals surface area (Å²) in [5, 5.41) is 14.6. The molecule has 1 aliphatic rings. The van der Waals surface area contributed by atoms with Crippen LogP contribution in [-0.4, -0.2) is 29.5 Å². The first-order chi connectivity index (χ1) is 5.46. The molecule has 1 heterocycles. The number of nitriles is 1. The van der Waals surface area contributed by atoms with Gasteiger partial charge in [0.25, 0.3) is 0 Å². The lowest BCUT2D eigenvalue weighted by molar-refractivity contribution is 0.0821. The van der Waals surface area contributed by atoms with Crippen LogP contribution < -0.4 is 0 Å². The fourth-order valence-electron chi connectivity index (χ4n) is 1.50. The first-order valence-corrected chi connectivity index (χ1v) is 3.92. The van der Waals surface area contributed by atoms with Gasteiger partial charge in [0.15, 0.2) is 6.19 Å². The van der Waals surface area contributed by atoms with Crippen LogP contribution in [0.5, 0.6) is 0 Å². The number of hydrogen-bond donors (Lipinski definition) is 0. The Morgan fingerprint density at radius 2 is 2.08 bits per heavy atom. The largest absolute Gasteiger partial charge is 0.275 e. The third-order valence-electron chi connectivity index (χ3n) is 1.87. The van der Waals surface area contributed by atoms with Crippen LogP contribution in [0.1, 0.15) is 20.8 Å². The average molecular weight is 166 g/mol. The predicted octanol–water partition coefficient (Wildman–Crippen LogP) is 1.03. The van der Waals surface area contributed by atoms with E-state index in [4.69, 9.17) is 5.26 Å². The van der Waals surface area contributed by atoms with Gasteiger partial charge >= 0.3 is 0 Å². The first kappa shape index (κ1) is 8.85.